The number of fused-ring (bicyclic) bond motifs is 3. The molecule has 20 heavy (non-hydrogen) atoms. The minimum atomic E-state index is -0.0481. The monoisotopic (exact) mass is 271 g/mol. The lowest BCUT2D eigenvalue weighted by molar-refractivity contribution is -0.117. The molecule has 2 amide bonds. The zero-order valence-corrected chi connectivity index (χ0v) is 11.2. The molecule has 2 heterocycles. The number of anilines is 2. The molecule has 1 aliphatic carbocycles. The maximum absolute atomic E-state index is 12.1. The molecule has 104 valence electrons. The van der Waals surface area contributed by atoms with Gasteiger partial charge in [-0.1, -0.05) is 0 Å². The van der Waals surface area contributed by atoms with Crippen molar-refractivity contribution in [1.82, 2.24) is 5.32 Å². The van der Waals surface area contributed by atoms with Crippen LogP contribution in [0.1, 0.15) is 36.0 Å². The summed E-state index contributed by atoms with van der Waals surface area (Å²) in [5.41, 5.74) is 2.42. The fourth-order valence-electron chi connectivity index (χ4n) is 3.07. The van der Waals surface area contributed by atoms with Crippen LogP contribution in [-0.4, -0.2) is 30.4 Å². The molecule has 0 bridgehead atoms. The van der Waals surface area contributed by atoms with E-state index in [1.54, 1.807) is 6.07 Å². The summed E-state index contributed by atoms with van der Waals surface area (Å²) in [5, 5.41) is 5.90. The van der Waals surface area contributed by atoms with E-state index in [9.17, 15) is 9.59 Å². The summed E-state index contributed by atoms with van der Waals surface area (Å²) in [6, 6.07) is 5.90. The molecule has 0 unspecified atom stereocenters. The molecular formula is C15H17N3O2. The van der Waals surface area contributed by atoms with Gasteiger partial charge in [-0.3, -0.25) is 9.59 Å². The zero-order chi connectivity index (χ0) is 13.7. The molecule has 5 nitrogen and oxygen atoms in total. The van der Waals surface area contributed by atoms with Crippen molar-refractivity contribution in [2.45, 2.75) is 37.8 Å². The summed E-state index contributed by atoms with van der Waals surface area (Å²) in [6.45, 7) is 0.915. The van der Waals surface area contributed by atoms with Gasteiger partial charge in [0, 0.05) is 18.2 Å². The second kappa shape index (κ2) is 4.23. The van der Waals surface area contributed by atoms with Gasteiger partial charge in [-0.2, -0.15) is 0 Å². The number of nitrogens with one attached hydrogen (secondary N) is 2. The molecule has 1 atom stereocenters. The summed E-state index contributed by atoms with van der Waals surface area (Å²) in [4.78, 5) is 26.3. The molecule has 2 N–H and O–H groups in total. The fourth-order valence-corrected chi connectivity index (χ4v) is 3.07. The van der Waals surface area contributed by atoms with Crippen LogP contribution in [0, 0.1) is 0 Å². The van der Waals surface area contributed by atoms with Crippen LogP contribution in [-0.2, 0) is 4.79 Å². The van der Waals surface area contributed by atoms with E-state index < -0.39 is 0 Å². The van der Waals surface area contributed by atoms with Crippen LogP contribution in [0.25, 0.3) is 0 Å². The van der Waals surface area contributed by atoms with Crippen molar-refractivity contribution in [3.63, 3.8) is 0 Å². The SMILES string of the molecule is O=C(NC1CC1)c1ccc2c(c1)NC(=O)[C@@H]1CCCN21. The topological polar surface area (TPSA) is 61.4 Å². The summed E-state index contributed by atoms with van der Waals surface area (Å²) in [7, 11) is 0. The van der Waals surface area contributed by atoms with Crippen LogP contribution in [0.4, 0.5) is 11.4 Å². The Bertz CT molecular complexity index is 595. The molecule has 0 radical (unpaired) electrons. The lowest BCUT2D eigenvalue weighted by atomic mass is 10.1. The number of nitrogens with zero attached hydrogens (tertiary/aromatic N) is 1. The first-order chi connectivity index (χ1) is 9.72. The Morgan fingerprint density at radius 3 is 2.95 bits per heavy atom. The van der Waals surface area contributed by atoms with Crippen molar-refractivity contribution in [3.05, 3.63) is 23.8 Å². The first-order valence-corrected chi connectivity index (χ1v) is 7.25. The molecular weight excluding hydrogens is 254 g/mol. The van der Waals surface area contributed by atoms with Gasteiger partial charge < -0.3 is 15.5 Å². The molecule has 2 aliphatic heterocycles. The molecule has 1 aromatic carbocycles. The molecule has 4 rings (SSSR count). The third-order valence-corrected chi connectivity index (χ3v) is 4.29. The highest BCUT2D eigenvalue weighted by Crippen LogP contribution is 2.37. The summed E-state index contributed by atoms with van der Waals surface area (Å²) < 4.78 is 0. The van der Waals surface area contributed by atoms with Crippen LogP contribution in [0.3, 0.4) is 0 Å². The van der Waals surface area contributed by atoms with Crippen molar-refractivity contribution in [1.29, 1.82) is 0 Å². The van der Waals surface area contributed by atoms with Crippen molar-refractivity contribution in [2.75, 3.05) is 16.8 Å². The smallest absolute Gasteiger partial charge is 0.251 e. The number of rotatable bonds is 2. The number of hydrogen-bond donors (Lipinski definition) is 2. The summed E-state index contributed by atoms with van der Waals surface area (Å²) in [5.74, 6) is 0.00263. The minimum Gasteiger partial charge on any atom is -0.358 e. The predicted molar refractivity (Wildman–Crippen MR) is 75.9 cm³/mol. The normalized spacial score (nSPS) is 23.9. The van der Waals surface area contributed by atoms with Crippen molar-refractivity contribution in [2.24, 2.45) is 0 Å². The highest BCUT2D eigenvalue weighted by molar-refractivity contribution is 6.06. The van der Waals surface area contributed by atoms with Gasteiger partial charge in [0.1, 0.15) is 6.04 Å². The van der Waals surface area contributed by atoms with E-state index in [1.807, 2.05) is 12.1 Å². The van der Waals surface area contributed by atoms with Crippen LogP contribution in [0.2, 0.25) is 0 Å². The van der Waals surface area contributed by atoms with Crippen LogP contribution < -0.4 is 15.5 Å². The molecule has 3 aliphatic rings. The average Bonchev–Trinajstić information content (AvgIpc) is 3.11. The molecule has 0 aromatic heterocycles. The maximum atomic E-state index is 12.1. The van der Waals surface area contributed by atoms with Gasteiger partial charge >= 0.3 is 0 Å². The molecule has 1 saturated heterocycles. The lowest BCUT2D eigenvalue weighted by Crippen LogP contribution is -2.44. The number of carbonyl (C=O) groups is 2. The van der Waals surface area contributed by atoms with Crippen LogP contribution in [0.15, 0.2) is 18.2 Å². The molecule has 5 heteroatoms. The molecule has 0 spiro atoms. The van der Waals surface area contributed by atoms with E-state index in [0.717, 1.165) is 43.6 Å². The van der Waals surface area contributed by atoms with E-state index in [4.69, 9.17) is 0 Å². The number of hydrogen-bond acceptors (Lipinski definition) is 3. The fraction of sp³-hybridized carbons (Fsp3) is 0.467. The van der Waals surface area contributed by atoms with E-state index in [0.29, 0.717) is 11.6 Å². The van der Waals surface area contributed by atoms with Crippen molar-refractivity contribution < 1.29 is 9.59 Å². The van der Waals surface area contributed by atoms with Gasteiger partial charge in [0.2, 0.25) is 5.91 Å². The summed E-state index contributed by atoms with van der Waals surface area (Å²) in [6.07, 6.45) is 4.10. The zero-order valence-electron chi connectivity index (χ0n) is 11.2. The van der Waals surface area contributed by atoms with Gasteiger partial charge in [0.25, 0.3) is 5.91 Å². The van der Waals surface area contributed by atoms with E-state index in [1.165, 1.54) is 0 Å². The third kappa shape index (κ3) is 1.85. The Morgan fingerprint density at radius 2 is 2.15 bits per heavy atom. The van der Waals surface area contributed by atoms with E-state index >= 15 is 0 Å². The number of amides is 2. The van der Waals surface area contributed by atoms with Crippen LogP contribution >= 0.6 is 0 Å². The summed E-state index contributed by atoms with van der Waals surface area (Å²) >= 11 is 0. The Kier molecular flexibility index (Phi) is 2.49. The quantitative estimate of drug-likeness (QED) is 0.857. The second-order valence-electron chi connectivity index (χ2n) is 5.82. The van der Waals surface area contributed by atoms with Gasteiger partial charge in [-0.05, 0) is 43.9 Å². The third-order valence-electron chi connectivity index (χ3n) is 4.29. The Morgan fingerprint density at radius 1 is 1.30 bits per heavy atom. The first kappa shape index (κ1) is 11.8. The van der Waals surface area contributed by atoms with Gasteiger partial charge in [-0.15, -0.1) is 0 Å². The largest absolute Gasteiger partial charge is 0.358 e. The first-order valence-electron chi connectivity index (χ1n) is 7.25. The Balaban J connectivity index is 1.65. The maximum Gasteiger partial charge on any atom is 0.251 e. The molecule has 2 fully saturated rings. The minimum absolute atomic E-state index is 0.0337. The van der Waals surface area contributed by atoms with Crippen molar-refractivity contribution in [3.8, 4) is 0 Å². The van der Waals surface area contributed by atoms with Gasteiger partial charge in [0.15, 0.2) is 0 Å². The van der Waals surface area contributed by atoms with Crippen molar-refractivity contribution >= 4 is 23.2 Å². The number of carbonyl (C=O) groups excluding carboxylic acids is 2. The van der Waals surface area contributed by atoms with Gasteiger partial charge in [0.05, 0.1) is 11.4 Å². The van der Waals surface area contributed by atoms with Gasteiger partial charge in [-0.25, -0.2) is 0 Å². The standard InChI is InChI=1S/C15H17N3O2/c19-14(16-10-4-5-10)9-3-6-12-11(8-9)17-15(20)13-2-1-7-18(12)13/h3,6,8,10,13H,1-2,4-5,7H2,(H,16,19)(H,17,20)/t13-/m0/s1. The molecule has 1 aromatic rings. The number of benzene rings is 1. The average molecular weight is 271 g/mol. The highest BCUT2D eigenvalue weighted by Gasteiger charge is 2.36. The van der Waals surface area contributed by atoms with E-state index in [-0.39, 0.29) is 17.9 Å². The van der Waals surface area contributed by atoms with E-state index in [2.05, 4.69) is 15.5 Å². The lowest BCUT2D eigenvalue weighted by Gasteiger charge is -2.33. The Hall–Kier alpha value is -2.04. The molecule has 1 saturated carbocycles. The predicted octanol–water partition coefficient (Wildman–Crippen LogP) is 1.50. The highest BCUT2D eigenvalue weighted by atomic mass is 16.2. The second-order valence-corrected chi connectivity index (χ2v) is 5.82. The van der Waals surface area contributed by atoms with Crippen LogP contribution in [0.5, 0.6) is 0 Å². The Labute approximate surface area is 117 Å².